The van der Waals surface area contributed by atoms with E-state index < -0.39 is 42.5 Å². The molecule has 1 aliphatic carbocycles. The lowest BCUT2D eigenvalue weighted by molar-refractivity contribution is -0.151. The summed E-state index contributed by atoms with van der Waals surface area (Å²) in [5.41, 5.74) is -1.47. The molecule has 2 atom stereocenters. The molecule has 7 N–H and O–H groups in total. The van der Waals surface area contributed by atoms with Crippen LogP contribution in [0.4, 0.5) is 0 Å². The van der Waals surface area contributed by atoms with Gasteiger partial charge in [-0.25, -0.2) is 0 Å². The van der Waals surface area contributed by atoms with Crippen molar-refractivity contribution in [1.29, 1.82) is 0 Å². The van der Waals surface area contributed by atoms with Crippen LogP contribution in [-0.2, 0) is 14.4 Å². The maximum Gasteiger partial charge on any atom is 0.324 e. The lowest BCUT2D eigenvalue weighted by Crippen LogP contribution is -2.50. The van der Waals surface area contributed by atoms with E-state index in [1.165, 1.54) is 0 Å². The Kier molecular flexibility index (Phi) is 5.87. The van der Waals surface area contributed by atoms with Gasteiger partial charge in [-0.3, -0.25) is 19.3 Å². The highest BCUT2D eigenvalue weighted by atomic mass is 16.4. The Morgan fingerprint density at radius 2 is 1.58 bits per heavy atom. The smallest absolute Gasteiger partial charge is 0.324 e. The minimum absolute atomic E-state index is 0. The van der Waals surface area contributed by atoms with E-state index in [-0.39, 0.29) is 25.6 Å². The number of carboxylic acid groups (broad SMARTS) is 3. The monoisotopic (exact) mass is 278 g/mol. The molecule has 2 unspecified atom stereocenters. The molecule has 1 rings (SSSR count). The van der Waals surface area contributed by atoms with Crippen LogP contribution in [0.3, 0.4) is 0 Å². The fourth-order valence-corrected chi connectivity index (χ4v) is 2.26. The molecule has 0 aromatic heterocycles. The minimum atomic E-state index is -1.47. The molecule has 0 amide bonds. The maximum atomic E-state index is 11.3. The molecule has 9 nitrogen and oxygen atoms in total. The Bertz CT molecular complexity index is 357. The predicted molar refractivity (Wildman–Crippen MR) is 62.0 cm³/mol. The van der Waals surface area contributed by atoms with Crippen molar-refractivity contribution in [3.63, 3.8) is 0 Å². The first-order valence-electron chi connectivity index (χ1n) is 5.37. The van der Waals surface area contributed by atoms with Crippen LogP contribution >= 0.6 is 0 Å². The van der Waals surface area contributed by atoms with Crippen molar-refractivity contribution in [3.8, 4) is 0 Å². The molecule has 0 aliphatic heterocycles. The molecule has 0 saturated heterocycles. The second-order valence-corrected chi connectivity index (χ2v) is 4.29. The number of carbonyl (C=O) groups is 3. The van der Waals surface area contributed by atoms with Gasteiger partial charge in [0.25, 0.3) is 0 Å². The fourth-order valence-electron chi connectivity index (χ4n) is 2.26. The van der Waals surface area contributed by atoms with E-state index in [4.69, 9.17) is 15.3 Å². The first-order valence-corrected chi connectivity index (χ1v) is 5.37. The molecule has 9 heteroatoms. The molecule has 1 aliphatic rings. The van der Waals surface area contributed by atoms with Crippen LogP contribution in [0, 0.1) is 5.92 Å². The molecule has 0 radical (unpaired) electrons. The number of hydrogen-bond acceptors (Lipinski definition) is 6. The standard InChI is InChI=1S/C10H15NO7.H3N/c12-2-1-6-3-10(6,9(17)18)11(4-7(13)14)5-8(15)16;/h6,12H,1-5H2,(H,13,14)(H,15,16)(H,17,18);1H3. The molecule has 0 spiro atoms. The Morgan fingerprint density at radius 3 is 1.89 bits per heavy atom. The Labute approximate surface area is 109 Å². The summed E-state index contributed by atoms with van der Waals surface area (Å²) in [4.78, 5) is 33.5. The van der Waals surface area contributed by atoms with Crippen molar-refractivity contribution in [2.24, 2.45) is 5.92 Å². The van der Waals surface area contributed by atoms with Crippen molar-refractivity contribution in [2.45, 2.75) is 18.4 Å². The van der Waals surface area contributed by atoms with Gasteiger partial charge < -0.3 is 26.6 Å². The summed E-state index contributed by atoms with van der Waals surface area (Å²) in [6.07, 6.45) is 0.367. The van der Waals surface area contributed by atoms with Crippen LogP contribution in [0.5, 0.6) is 0 Å². The van der Waals surface area contributed by atoms with Crippen molar-refractivity contribution < 1.29 is 34.8 Å². The van der Waals surface area contributed by atoms with Gasteiger partial charge >= 0.3 is 17.9 Å². The van der Waals surface area contributed by atoms with E-state index >= 15 is 0 Å². The van der Waals surface area contributed by atoms with Crippen LogP contribution in [0.2, 0.25) is 0 Å². The lowest BCUT2D eigenvalue weighted by atomic mass is 10.1. The molecule has 1 saturated carbocycles. The highest BCUT2D eigenvalue weighted by molar-refractivity contribution is 5.85. The number of hydrogen-bond donors (Lipinski definition) is 5. The molecule has 0 bridgehead atoms. The Morgan fingerprint density at radius 1 is 1.11 bits per heavy atom. The number of nitrogens with zero attached hydrogens (tertiary/aromatic N) is 1. The van der Waals surface area contributed by atoms with Crippen molar-refractivity contribution >= 4 is 17.9 Å². The van der Waals surface area contributed by atoms with Gasteiger partial charge in [-0.2, -0.15) is 0 Å². The van der Waals surface area contributed by atoms with E-state index in [0.29, 0.717) is 0 Å². The normalized spacial score (nSPS) is 24.6. The summed E-state index contributed by atoms with van der Waals surface area (Å²) in [5.74, 6) is -4.24. The van der Waals surface area contributed by atoms with Crippen LogP contribution < -0.4 is 6.15 Å². The first kappa shape index (κ1) is 17.3. The van der Waals surface area contributed by atoms with Gasteiger partial charge in [0.15, 0.2) is 0 Å². The Balaban J connectivity index is 0.00000324. The number of aliphatic hydroxyl groups excluding tert-OH is 1. The largest absolute Gasteiger partial charge is 0.480 e. The van der Waals surface area contributed by atoms with Gasteiger partial charge in [0.05, 0.1) is 13.1 Å². The summed E-state index contributed by atoms with van der Waals surface area (Å²) < 4.78 is 0. The lowest BCUT2D eigenvalue weighted by Gasteiger charge is -2.26. The van der Waals surface area contributed by atoms with E-state index in [2.05, 4.69) is 0 Å². The van der Waals surface area contributed by atoms with Crippen molar-refractivity contribution in [1.82, 2.24) is 11.1 Å². The van der Waals surface area contributed by atoms with Crippen LogP contribution in [-0.4, -0.2) is 68.5 Å². The Hall–Kier alpha value is -1.71. The maximum absolute atomic E-state index is 11.3. The second kappa shape index (κ2) is 6.45. The number of carboxylic acids is 3. The summed E-state index contributed by atoms with van der Waals surface area (Å²) in [5, 5.41) is 35.4. The van der Waals surface area contributed by atoms with Crippen LogP contribution in [0.1, 0.15) is 12.8 Å². The highest BCUT2D eigenvalue weighted by Crippen LogP contribution is 2.50. The number of aliphatic hydroxyl groups is 1. The van der Waals surface area contributed by atoms with E-state index in [1.807, 2.05) is 0 Å². The molecular weight excluding hydrogens is 260 g/mol. The molecule has 1 fully saturated rings. The zero-order chi connectivity index (χ0) is 13.9. The van der Waals surface area contributed by atoms with Gasteiger partial charge in [0.1, 0.15) is 5.54 Å². The summed E-state index contributed by atoms with van der Waals surface area (Å²) in [6, 6.07) is 0. The molecule has 0 aromatic carbocycles. The van der Waals surface area contributed by atoms with Gasteiger partial charge in [-0.1, -0.05) is 0 Å². The molecule has 0 heterocycles. The average molecular weight is 278 g/mol. The first-order chi connectivity index (χ1) is 8.34. The second-order valence-electron chi connectivity index (χ2n) is 4.29. The number of aliphatic carboxylic acids is 3. The van der Waals surface area contributed by atoms with Crippen molar-refractivity contribution in [2.75, 3.05) is 19.7 Å². The zero-order valence-electron chi connectivity index (χ0n) is 10.3. The predicted octanol–water partition coefficient (Wildman–Crippen LogP) is -1.15. The minimum Gasteiger partial charge on any atom is -0.480 e. The quantitative estimate of drug-likeness (QED) is 0.367. The van der Waals surface area contributed by atoms with E-state index in [1.54, 1.807) is 0 Å². The molecule has 110 valence electrons. The average Bonchev–Trinajstić information content (AvgIpc) is 2.91. The van der Waals surface area contributed by atoms with Gasteiger partial charge in [0, 0.05) is 6.61 Å². The van der Waals surface area contributed by atoms with Crippen LogP contribution in [0.25, 0.3) is 0 Å². The summed E-state index contributed by atoms with van der Waals surface area (Å²) in [6.45, 7) is -1.52. The van der Waals surface area contributed by atoms with Gasteiger partial charge in [-0.15, -0.1) is 0 Å². The third-order valence-corrected chi connectivity index (χ3v) is 3.14. The van der Waals surface area contributed by atoms with Gasteiger partial charge in [-0.05, 0) is 18.8 Å². The SMILES string of the molecule is N.O=C(O)CN(CC(=O)O)C1(C(=O)O)CC1CCO. The zero-order valence-corrected chi connectivity index (χ0v) is 10.3. The third kappa shape index (κ3) is 3.63. The summed E-state index contributed by atoms with van der Waals surface area (Å²) >= 11 is 0. The number of rotatable bonds is 8. The third-order valence-electron chi connectivity index (χ3n) is 3.14. The highest BCUT2D eigenvalue weighted by Gasteiger charge is 2.64. The van der Waals surface area contributed by atoms with Crippen molar-refractivity contribution in [3.05, 3.63) is 0 Å². The van der Waals surface area contributed by atoms with Gasteiger partial charge in [0.2, 0.25) is 0 Å². The summed E-state index contributed by atoms with van der Waals surface area (Å²) in [7, 11) is 0. The van der Waals surface area contributed by atoms with Crippen LogP contribution in [0.15, 0.2) is 0 Å². The van der Waals surface area contributed by atoms with E-state index in [9.17, 15) is 19.5 Å². The molecule has 0 aromatic rings. The fraction of sp³-hybridized carbons (Fsp3) is 0.700. The van der Waals surface area contributed by atoms with E-state index in [0.717, 1.165) is 4.90 Å². The molecular formula is C10H18N2O7. The molecule has 19 heavy (non-hydrogen) atoms. The topological polar surface area (TPSA) is 170 Å².